The van der Waals surface area contributed by atoms with E-state index in [9.17, 15) is 27.1 Å². The lowest BCUT2D eigenvalue weighted by Gasteiger charge is -2.12. The molecule has 3 N–H and O–H groups in total. The fourth-order valence-corrected chi connectivity index (χ4v) is 2.81. The minimum atomic E-state index is -4.39. The molecular formula is C12H15F2NO5S. The number of hydrogen-bond acceptors (Lipinski definition) is 4. The van der Waals surface area contributed by atoms with E-state index in [1.54, 1.807) is 6.92 Å². The van der Waals surface area contributed by atoms with Gasteiger partial charge in [-0.05, 0) is 18.6 Å². The molecule has 0 saturated carbocycles. The Morgan fingerprint density at radius 2 is 2.00 bits per heavy atom. The third-order valence-electron chi connectivity index (χ3n) is 2.69. The molecular weight excluding hydrogens is 308 g/mol. The molecule has 118 valence electrons. The molecule has 0 fully saturated rings. The van der Waals surface area contributed by atoms with E-state index in [2.05, 4.69) is 0 Å². The second kappa shape index (κ2) is 6.92. The highest BCUT2D eigenvalue weighted by Gasteiger charge is 2.27. The minimum absolute atomic E-state index is 0.342. The Kier molecular flexibility index (Phi) is 5.76. The summed E-state index contributed by atoms with van der Waals surface area (Å²) in [4.78, 5) is 9.76. The van der Waals surface area contributed by atoms with E-state index in [-0.39, 0.29) is 6.54 Å². The molecule has 0 aromatic heterocycles. The zero-order valence-corrected chi connectivity index (χ0v) is 12.0. The number of aliphatic hydroxyl groups is 1. The zero-order valence-electron chi connectivity index (χ0n) is 11.1. The Bertz CT molecular complexity index is 633. The van der Waals surface area contributed by atoms with Gasteiger partial charge in [0.2, 0.25) is 10.0 Å². The maximum absolute atomic E-state index is 13.8. The number of carboxylic acid groups (broad SMARTS) is 1. The maximum Gasteiger partial charge on any atom is 0.341 e. The maximum atomic E-state index is 13.8. The number of hydrogen-bond donors (Lipinski definition) is 3. The third kappa shape index (κ3) is 4.19. The van der Waals surface area contributed by atoms with Gasteiger partial charge in [0.25, 0.3) is 0 Å². The predicted octanol–water partition coefficient (Wildman–Crippen LogP) is 1.10. The Hall–Kier alpha value is -1.58. The Morgan fingerprint density at radius 1 is 1.38 bits per heavy atom. The molecule has 1 aromatic rings. The Morgan fingerprint density at radius 3 is 2.52 bits per heavy atom. The van der Waals surface area contributed by atoms with Crippen molar-refractivity contribution in [3.05, 3.63) is 29.3 Å². The summed E-state index contributed by atoms with van der Waals surface area (Å²) in [5, 5.41) is 18.1. The van der Waals surface area contributed by atoms with Crippen LogP contribution in [0.15, 0.2) is 17.0 Å². The number of benzene rings is 1. The fraction of sp³-hybridized carbons (Fsp3) is 0.417. The van der Waals surface area contributed by atoms with E-state index in [1.807, 2.05) is 4.72 Å². The van der Waals surface area contributed by atoms with E-state index < -0.39 is 44.2 Å². The van der Waals surface area contributed by atoms with Crippen molar-refractivity contribution in [3.8, 4) is 0 Å². The first-order valence-electron chi connectivity index (χ1n) is 6.09. The van der Waals surface area contributed by atoms with Crippen molar-refractivity contribution >= 4 is 16.0 Å². The van der Waals surface area contributed by atoms with Gasteiger partial charge in [0.1, 0.15) is 16.3 Å². The number of sulfonamides is 1. The fourth-order valence-electron chi connectivity index (χ4n) is 1.66. The van der Waals surface area contributed by atoms with Crippen molar-refractivity contribution in [1.29, 1.82) is 0 Å². The minimum Gasteiger partial charge on any atom is -0.477 e. The van der Waals surface area contributed by atoms with Gasteiger partial charge in [-0.2, -0.15) is 0 Å². The van der Waals surface area contributed by atoms with Crippen LogP contribution >= 0.6 is 0 Å². The highest BCUT2D eigenvalue weighted by atomic mass is 32.2. The molecule has 0 heterocycles. The van der Waals surface area contributed by atoms with Crippen molar-refractivity contribution in [2.75, 3.05) is 6.54 Å². The quantitative estimate of drug-likeness (QED) is 0.697. The molecule has 0 bridgehead atoms. The first-order valence-corrected chi connectivity index (χ1v) is 7.58. The number of aliphatic hydroxyl groups excluding tert-OH is 1. The molecule has 6 nitrogen and oxygen atoms in total. The van der Waals surface area contributed by atoms with Gasteiger partial charge < -0.3 is 10.2 Å². The van der Waals surface area contributed by atoms with Crippen LogP contribution in [-0.4, -0.2) is 37.2 Å². The summed E-state index contributed by atoms with van der Waals surface area (Å²) in [7, 11) is -4.39. The summed E-state index contributed by atoms with van der Waals surface area (Å²) in [6.45, 7) is 1.44. The lowest BCUT2D eigenvalue weighted by Crippen LogP contribution is -2.33. The van der Waals surface area contributed by atoms with E-state index in [0.717, 1.165) is 0 Å². The van der Waals surface area contributed by atoms with Crippen LogP contribution in [0.4, 0.5) is 8.78 Å². The van der Waals surface area contributed by atoms with Crippen LogP contribution in [0.1, 0.15) is 30.1 Å². The second-order valence-corrected chi connectivity index (χ2v) is 6.07. The van der Waals surface area contributed by atoms with E-state index >= 15 is 0 Å². The topological polar surface area (TPSA) is 104 Å². The van der Waals surface area contributed by atoms with Gasteiger partial charge in [-0.3, -0.25) is 0 Å². The average Bonchev–Trinajstić information content (AvgIpc) is 2.36. The van der Waals surface area contributed by atoms with Gasteiger partial charge in [0, 0.05) is 6.54 Å². The molecule has 0 aliphatic carbocycles. The molecule has 1 atom stereocenters. The highest BCUT2D eigenvalue weighted by Crippen LogP contribution is 2.21. The van der Waals surface area contributed by atoms with Gasteiger partial charge >= 0.3 is 5.97 Å². The lowest BCUT2D eigenvalue weighted by molar-refractivity contribution is 0.0685. The van der Waals surface area contributed by atoms with Crippen molar-refractivity contribution in [1.82, 2.24) is 4.72 Å². The van der Waals surface area contributed by atoms with Gasteiger partial charge in [0.05, 0.1) is 6.10 Å². The molecule has 0 amide bonds. The molecule has 1 rings (SSSR count). The van der Waals surface area contributed by atoms with Crippen molar-refractivity contribution in [2.24, 2.45) is 0 Å². The van der Waals surface area contributed by atoms with Crippen LogP contribution in [-0.2, 0) is 10.0 Å². The number of aromatic carboxylic acids is 1. The molecule has 1 unspecified atom stereocenters. The summed E-state index contributed by atoms with van der Waals surface area (Å²) in [5.74, 6) is -4.96. The van der Waals surface area contributed by atoms with E-state index in [1.165, 1.54) is 0 Å². The number of nitrogens with one attached hydrogen (secondary N) is 1. The van der Waals surface area contributed by atoms with Crippen LogP contribution in [0.2, 0.25) is 0 Å². The summed E-state index contributed by atoms with van der Waals surface area (Å²) >= 11 is 0. The first-order chi connectivity index (χ1) is 9.70. The molecule has 0 saturated heterocycles. The van der Waals surface area contributed by atoms with Crippen molar-refractivity contribution in [3.63, 3.8) is 0 Å². The van der Waals surface area contributed by atoms with Crippen LogP contribution < -0.4 is 4.72 Å². The number of rotatable bonds is 7. The standard InChI is InChI=1S/C12H15F2NO5S/c1-2-3-7(16)6-15-21(19,20)9-5-4-8(13)10(11(9)14)12(17)18/h4-5,7,15-16H,2-3,6H2,1H3,(H,17,18). The SMILES string of the molecule is CCCC(O)CNS(=O)(=O)c1ccc(F)c(C(=O)O)c1F. The highest BCUT2D eigenvalue weighted by molar-refractivity contribution is 7.89. The Labute approximate surface area is 120 Å². The molecule has 9 heteroatoms. The van der Waals surface area contributed by atoms with Gasteiger partial charge in [0.15, 0.2) is 5.82 Å². The van der Waals surface area contributed by atoms with Crippen molar-refractivity contribution in [2.45, 2.75) is 30.8 Å². The van der Waals surface area contributed by atoms with Crippen LogP contribution in [0.25, 0.3) is 0 Å². The number of halogens is 2. The molecule has 0 radical (unpaired) electrons. The number of carboxylic acids is 1. The summed E-state index contributed by atoms with van der Waals surface area (Å²) in [6.07, 6.45) is 0.0124. The number of carbonyl (C=O) groups is 1. The lowest BCUT2D eigenvalue weighted by atomic mass is 10.2. The predicted molar refractivity (Wildman–Crippen MR) is 69.4 cm³/mol. The molecule has 0 aliphatic heterocycles. The molecule has 0 aliphatic rings. The van der Waals surface area contributed by atoms with E-state index in [0.29, 0.717) is 25.0 Å². The van der Waals surface area contributed by atoms with E-state index in [4.69, 9.17) is 5.11 Å². The molecule has 1 aromatic carbocycles. The monoisotopic (exact) mass is 323 g/mol. The largest absolute Gasteiger partial charge is 0.477 e. The average molecular weight is 323 g/mol. The van der Waals surface area contributed by atoms with Gasteiger partial charge in [-0.15, -0.1) is 0 Å². The summed E-state index contributed by atoms with van der Waals surface area (Å²) < 4.78 is 52.8. The van der Waals surface area contributed by atoms with Crippen molar-refractivity contribution < 1.29 is 32.2 Å². The third-order valence-corrected chi connectivity index (χ3v) is 4.13. The first kappa shape index (κ1) is 17.5. The van der Waals surface area contributed by atoms with Crippen LogP contribution in [0.5, 0.6) is 0 Å². The second-order valence-electron chi connectivity index (χ2n) is 4.33. The summed E-state index contributed by atoms with van der Waals surface area (Å²) in [6, 6.07) is 1.19. The van der Waals surface area contributed by atoms with Crippen LogP contribution in [0, 0.1) is 11.6 Å². The van der Waals surface area contributed by atoms with Crippen LogP contribution in [0.3, 0.4) is 0 Å². The van der Waals surface area contributed by atoms with Gasteiger partial charge in [-0.1, -0.05) is 13.3 Å². The normalized spacial score (nSPS) is 13.1. The molecule has 0 spiro atoms. The summed E-state index contributed by atoms with van der Waals surface area (Å²) in [5.41, 5.74) is -1.34. The smallest absolute Gasteiger partial charge is 0.341 e. The zero-order chi connectivity index (χ0) is 16.2. The van der Waals surface area contributed by atoms with Gasteiger partial charge in [-0.25, -0.2) is 26.7 Å². The Balaban J connectivity index is 3.10. The molecule has 21 heavy (non-hydrogen) atoms.